The largest absolute Gasteiger partial charge is 0.480 e. The zero-order valence-corrected chi connectivity index (χ0v) is 12.0. The Hall–Kier alpha value is -1.85. The normalized spacial score (nSPS) is 11.7. The SMILES string of the molecule is CN[C@@H](Cc1cn(Cc2ccccc2)cn1)C(=O)O.Cl. The lowest BCUT2D eigenvalue weighted by Gasteiger charge is -2.08. The van der Waals surface area contributed by atoms with E-state index in [0.29, 0.717) is 6.42 Å². The molecule has 2 aromatic rings. The van der Waals surface area contributed by atoms with Gasteiger partial charge in [-0.05, 0) is 12.6 Å². The molecule has 0 saturated heterocycles. The monoisotopic (exact) mass is 295 g/mol. The van der Waals surface area contributed by atoms with Crippen LogP contribution < -0.4 is 5.32 Å². The molecule has 6 heteroatoms. The summed E-state index contributed by atoms with van der Waals surface area (Å²) < 4.78 is 1.96. The van der Waals surface area contributed by atoms with E-state index >= 15 is 0 Å². The minimum Gasteiger partial charge on any atom is -0.480 e. The van der Waals surface area contributed by atoms with Crippen LogP contribution in [0.2, 0.25) is 0 Å². The van der Waals surface area contributed by atoms with Gasteiger partial charge in [-0.25, -0.2) is 4.98 Å². The molecular weight excluding hydrogens is 278 g/mol. The fourth-order valence-corrected chi connectivity index (χ4v) is 1.91. The van der Waals surface area contributed by atoms with Gasteiger partial charge < -0.3 is 15.0 Å². The number of imidazole rings is 1. The number of aliphatic carboxylic acids is 1. The van der Waals surface area contributed by atoms with E-state index in [1.807, 2.05) is 41.1 Å². The van der Waals surface area contributed by atoms with Crippen LogP contribution in [0.15, 0.2) is 42.9 Å². The van der Waals surface area contributed by atoms with E-state index in [9.17, 15) is 4.79 Å². The number of nitrogens with zero attached hydrogens (tertiary/aromatic N) is 2. The molecule has 2 N–H and O–H groups in total. The van der Waals surface area contributed by atoms with Crippen LogP contribution in [0.1, 0.15) is 11.3 Å². The van der Waals surface area contributed by atoms with E-state index in [2.05, 4.69) is 10.3 Å². The van der Waals surface area contributed by atoms with Crippen molar-refractivity contribution in [3.63, 3.8) is 0 Å². The number of hydrogen-bond donors (Lipinski definition) is 2. The number of halogens is 1. The lowest BCUT2D eigenvalue weighted by molar-refractivity contribution is -0.139. The smallest absolute Gasteiger partial charge is 0.321 e. The molecule has 0 spiro atoms. The van der Waals surface area contributed by atoms with E-state index < -0.39 is 12.0 Å². The molecule has 0 fully saturated rings. The van der Waals surface area contributed by atoms with Crippen LogP contribution in [0.3, 0.4) is 0 Å². The van der Waals surface area contributed by atoms with Gasteiger partial charge in [0.2, 0.25) is 0 Å². The Morgan fingerprint density at radius 2 is 2.10 bits per heavy atom. The number of hydrogen-bond acceptors (Lipinski definition) is 3. The fourth-order valence-electron chi connectivity index (χ4n) is 1.91. The zero-order valence-electron chi connectivity index (χ0n) is 11.2. The van der Waals surface area contributed by atoms with Crippen LogP contribution in [-0.4, -0.2) is 33.7 Å². The summed E-state index contributed by atoms with van der Waals surface area (Å²) in [7, 11) is 1.64. The van der Waals surface area contributed by atoms with Crippen molar-refractivity contribution < 1.29 is 9.90 Å². The number of carboxylic acid groups (broad SMARTS) is 1. The first kappa shape index (κ1) is 16.2. The molecule has 0 bridgehead atoms. The van der Waals surface area contributed by atoms with Crippen molar-refractivity contribution in [3.05, 3.63) is 54.1 Å². The molecule has 5 nitrogen and oxygen atoms in total. The van der Waals surface area contributed by atoms with Gasteiger partial charge in [0.1, 0.15) is 6.04 Å². The summed E-state index contributed by atoms with van der Waals surface area (Å²) in [5, 5.41) is 11.7. The summed E-state index contributed by atoms with van der Waals surface area (Å²) in [6.45, 7) is 0.741. The fraction of sp³-hybridized carbons (Fsp3) is 0.286. The molecule has 1 heterocycles. The van der Waals surface area contributed by atoms with E-state index in [1.165, 1.54) is 5.56 Å². The minimum absolute atomic E-state index is 0. The van der Waals surface area contributed by atoms with Crippen molar-refractivity contribution in [2.24, 2.45) is 0 Å². The highest BCUT2D eigenvalue weighted by Crippen LogP contribution is 2.05. The van der Waals surface area contributed by atoms with Crippen molar-refractivity contribution in [1.82, 2.24) is 14.9 Å². The van der Waals surface area contributed by atoms with Crippen LogP contribution in [0.4, 0.5) is 0 Å². The van der Waals surface area contributed by atoms with E-state index in [1.54, 1.807) is 13.4 Å². The summed E-state index contributed by atoms with van der Waals surface area (Å²) in [4.78, 5) is 15.2. The van der Waals surface area contributed by atoms with Crippen molar-refractivity contribution in [2.75, 3.05) is 7.05 Å². The van der Waals surface area contributed by atoms with Crippen LogP contribution in [0, 0.1) is 0 Å². The predicted molar refractivity (Wildman–Crippen MR) is 79.2 cm³/mol. The molecule has 108 valence electrons. The molecule has 0 saturated carbocycles. The van der Waals surface area contributed by atoms with Crippen molar-refractivity contribution in [2.45, 2.75) is 19.0 Å². The molecule has 0 aliphatic heterocycles. The second kappa shape index (κ2) is 7.67. The Bertz CT molecular complexity index is 542. The number of aromatic nitrogens is 2. The van der Waals surface area contributed by atoms with Gasteiger partial charge in [-0.3, -0.25) is 4.79 Å². The highest BCUT2D eigenvalue weighted by molar-refractivity contribution is 5.85. The maximum atomic E-state index is 10.9. The van der Waals surface area contributed by atoms with Crippen LogP contribution in [-0.2, 0) is 17.8 Å². The zero-order chi connectivity index (χ0) is 13.7. The molecule has 1 atom stereocenters. The lowest BCUT2D eigenvalue weighted by atomic mass is 10.2. The average molecular weight is 296 g/mol. The van der Waals surface area contributed by atoms with Gasteiger partial charge in [-0.15, -0.1) is 12.4 Å². The second-order valence-electron chi connectivity index (χ2n) is 4.41. The molecule has 1 aromatic heterocycles. The molecule has 0 aliphatic rings. The van der Waals surface area contributed by atoms with Gasteiger partial charge >= 0.3 is 5.97 Å². The first-order valence-electron chi connectivity index (χ1n) is 6.13. The topological polar surface area (TPSA) is 67.2 Å². The number of rotatable bonds is 6. The first-order valence-corrected chi connectivity index (χ1v) is 6.13. The van der Waals surface area contributed by atoms with Gasteiger partial charge in [-0.1, -0.05) is 30.3 Å². The summed E-state index contributed by atoms with van der Waals surface area (Å²) in [5.41, 5.74) is 1.97. The Morgan fingerprint density at radius 3 is 2.70 bits per heavy atom. The Labute approximate surface area is 124 Å². The molecule has 0 amide bonds. The highest BCUT2D eigenvalue weighted by Gasteiger charge is 2.16. The molecule has 0 unspecified atom stereocenters. The van der Waals surface area contributed by atoms with E-state index in [0.717, 1.165) is 12.2 Å². The maximum absolute atomic E-state index is 10.9. The van der Waals surface area contributed by atoms with E-state index in [-0.39, 0.29) is 12.4 Å². The van der Waals surface area contributed by atoms with Gasteiger partial charge in [-0.2, -0.15) is 0 Å². The standard InChI is InChI=1S/C14H17N3O2.ClH/c1-15-13(14(18)19)7-12-9-17(10-16-12)8-11-5-3-2-4-6-11;/h2-6,9-10,13,15H,7-8H2,1H3,(H,18,19);1H/t13-;/m0./s1. The molecule has 1 aromatic carbocycles. The quantitative estimate of drug-likeness (QED) is 0.849. The first-order chi connectivity index (χ1) is 9.19. The third-order valence-corrected chi connectivity index (χ3v) is 2.95. The molecule has 0 aliphatic carbocycles. The highest BCUT2D eigenvalue weighted by atomic mass is 35.5. The van der Waals surface area contributed by atoms with Gasteiger partial charge in [0.05, 0.1) is 12.0 Å². The summed E-state index contributed by atoms with van der Waals surface area (Å²) in [5.74, 6) is -0.861. The van der Waals surface area contributed by atoms with Gasteiger partial charge in [0.25, 0.3) is 0 Å². The molecule has 20 heavy (non-hydrogen) atoms. The molecular formula is C14H18ClN3O2. The number of likely N-dealkylation sites (N-methyl/N-ethyl adjacent to an activating group) is 1. The maximum Gasteiger partial charge on any atom is 0.321 e. The second-order valence-corrected chi connectivity index (χ2v) is 4.41. The Kier molecular flexibility index (Phi) is 6.21. The van der Waals surface area contributed by atoms with Crippen LogP contribution in [0.25, 0.3) is 0 Å². The third-order valence-electron chi connectivity index (χ3n) is 2.95. The molecule has 2 rings (SSSR count). The number of benzene rings is 1. The Morgan fingerprint density at radius 1 is 1.40 bits per heavy atom. The van der Waals surface area contributed by atoms with Crippen molar-refractivity contribution in [1.29, 1.82) is 0 Å². The van der Waals surface area contributed by atoms with Crippen molar-refractivity contribution >= 4 is 18.4 Å². The van der Waals surface area contributed by atoms with E-state index in [4.69, 9.17) is 5.11 Å². The predicted octanol–water partition coefficient (Wildman–Crippen LogP) is 1.57. The lowest BCUT2D eigenvalue weighted by Crippen LogP contribution is -2.35. The summed E-state index contributed by atoms with van der Waals surface area (Å²) in [6.07, 6.45) is 4.00. The number of carboxylic acids is 1. The number of carbonyl (C=O) groups is 1. The Balaban J connectivity index is 0.00000200. The van der Waals surface area contributed by atoms with Gasteiger partial charge in [0.15, 0.2) is 0 Å². The third kappa shape index (κ3) is 4.36. The number of nitrogens with one attached hydrogen (secondary N) is 1. The summed E-state index contributed by atoms with van der Waals surface area (Å²) in [6, 6.07) is 9.47. The molecule has 0 radical (unpaired) electrons. The summed E-state index contributed by atoms with van der Waals surface area (Å²) >= 11 is 0. The minimum atomic E-state index is -0.861. The van der Waals surface area contributed by atoms with Gasteiger partial charge in [0, 0.05) is 19.2 Å². The average Bonchev–Trinajstić information content (AvgIpc) is 2.84. The van der Waals surface area contributed by atoms with Crippen LogP contribution >= 0.6 is 12.4 Å². The van der Waals surface area contributed by atoms with Crippen LogP contribution in [0.5, 0.6) is 0 Å². The van der Waals surface area contributed by atoms with Crippen molar-refractivity contribution in [3.8, 4) is 0 Å².